The van der Waals surface area contributed by atoms with Gasteiger partial charge in [0, 0.05) is 18.8 Å². The molecule has 0 amide bonds. The van der Waals surface area contributed by atoms with Gasteiger partial charge in [-0.1, -0.05) is 57.9 Å². The van der Waals surface area contributed by atoms with Crippen molar-refractivity contribution in [3.8, 4) is 0 Å². The summed E-state index contributed by atoms with van der Waals surface area (Å²) in [5.41, 5.74) is -0.144. The molecule has 0 aliphatic heterocycles. The van der Waals surface area contributed by atoms with Crippen LogP contribution >= 0.6 is 0 Å². The molecule has 1 aliphatic rings. The Balaban J connectivity index is 2.52. The molecule has 1 aliphatic carbocycles. The number of carbonyl (C=O) groups is 2. The highest BCUT2D eigenvalue weighted by Gasteiger charge is 2.32. The number of aliphatic hydroxyl groups excluding tert-OH is 1. The van der Waals surface area contributed by atoms with Crippen LogP contribution in [-0.4, -0.2) is 28.1 Å². The van der Waals surface area contributed by atoms with Crippen molar-refractivity contribution in [3.63, 3.8) is 0 Å². The second kappa shape index (κ2) is 11.3. The molecule has 0 spiro atoms. The van der Waals surface area contributed by atoms with Crippen molar-refractivity contribution >= 4 is 11.8 Å². The van der Waals surface area contributed by atoms with Gasteiger partial charge in [0.2, 0.25) is 0 Å². The standard InChI is InChI=1S/C22H36O4/c1-4-5-16-22(2,3)20(24)15-13-17-12-14-19(23)18(17)10-8-6-7-9-11-21(25)26/h6,8,13,15,17-18,20,24H,4-5,7,9-12,14,16H2,1-3H3,(H,25,26)/b8-6-,15-13+/t17-,18+,20+/m1/s1. The summed E-state index contributed by atoms with van der Waals surface area (Å²) < 4.78 is 0. The van der Waals surface area contributed by atoms with Crippen LogP contribution in [0.3, 0.4) is 0 Å². The monoisotopic (exact) mass is 364 g/mol. The Morgan fingerprint density at radius 1 is 1.31 bits per heavy atom. The van der Waals surface area contributed by atoms with Crippen molar-refractivity contribution < 1.29 is 19.8 Å². The van der Waals surface area contributed by atoms with Crippen molar-refractivity contribution in [2.45, 2.75) is 84.7 Å². The summed E-state index contributed by atoms with van der Waals surface area (Å²) in [7, 11) is 0. The van der Waals surface area contributed by atoms with Crippen LogP contribution in [0, 0.1) is 17.3 Å². The lowest BCUT2D eigenvalue weighted by molar-refractivity contribution is -0.137. The molecule has 1 rings (SSSR count). The molecule has 0 aromatic rings. The van der Waals surface area contributed by atoms with E-state index in [1.165, 1.54) is 0 Å². The number of hydrogen-bond acceptors (Lipinski definition) is 3. The molecule has 1 saturated carbocycles. The second-order valence-corrected chi connectivity index (χ2v) is 8.19. The first-order valence-electron chi connectivity index (χ1n) is 10.0. The number of carboxylic acids is 1. The maximum atomic E-state index is 12.2. The molecule has 26 heavy (non-hydrogen) atoms. The molecule has 4 heteroatoms. The Morgan fingerprint density at radius 2 is 2.04 bits per heavy atom. The fraction of sp³-hybridized carbons (Fsp3) is 0.727. The highest BCUT2D eigenvalue weighted by Crippen LogP contribution is 2.34. The molecule has 0 aromatic carbocycles. The van der Waals surface area contributed by atoms with Crippen LogP contribution in [-0.2, 0) is 9.59 Å². The van der Waals surface area contributed by atoms with Crippen LogP contribution in [0.4, 0.5) is 0 Å². The van der Waals surface area contributed by atoms with E-state index in [0.29, 0.717) is 25.0 Å². The third kappa shape index (κ3) is 7.86. The van der Waals surface area contributed by atoms with Gasteiger partial charge in [0.05, 0.1) is 6.10 Å². The minimum absolute atomic E-state index is 0.00655. The normalized spacial score (nSPS) is 22.5. The SMILES string of the molecule is CCCCC(C)(C)[C@@H](O)/C=C/[C@H]1CCC(=O)[C@H]1C/C=C\CCCC(=O)O. The topological polar surface area (TPSA) is 74.6 Å². The third-order valence-corrected chi connectivity index (χ3v) is 5.49. The van der Waals surface area contributed by atoms with E-state index in [1.54, 1.807) is 0 Å². The number of aliphatic hydroxyl groups is 1. The number of carboxylic acid groups (broad SMARTS) is 1. The Morgan fingerprint density at radius 3 is 2.69 bits per heavy atom. The number of Topliss-reactive ketones (excluding diaryl/α,β-unsaturated/α-hetero) is 1. The zero-order chi connectivity index (χ0) is 19.6. The summed E-state index contributed by atoms with van der Waals surface area (Å²) in [4.78, 5) is 22.7. The number of aliphatic carboxylic acids is 1. The Labute approximate surface area is 158 Å². The van der Waals surface area contributed by atoms with Crippen LogP contribution in [0.25, 0.3) is 0 Å². The minimum atomic E-state index is -0.769. The average Bonchev–Trinajstić information content (AvgIpc) is 2.93. The zero-order valence-corrected chi connectivity index (χ0v) is 16.6. The van der Waals surface area contributed by atoms with Gasteiger partial charge in [0.1, 0.15) is 5.78 Å². The molecular formula is C22H36O4. The predicted octanol–water partition coefficient (Wildman–Crippen LogP) is 4.92. The van der Waals surface area contributed by atoms with Crippen LogP contribution in [0.15, 0.2) is 24.3 Å². The van der Waals surface area contributed by atoms with Crippen molar-refractivity contribution in [2.24, 2.45) is 17.3 Å². The minimum Gasteiger partial charge on any atom is -0.481 e. The molecule has 0 unspecified atom stereocenters. The smallest absolute Gasteiger partial charge is 0.303 e. The van der Waals surface area contributed by atoms with Gasteiger partial charge >= 0.3 is 5.97 Å². The molecule has 2 N–H and O–H groups in total. The summed E-state index contributed by atoms with van der Waals surface area (Å²) in [6.07, 6.45) is 14.4. The van der Waals surface area contributed by atoms with Gasteiger partial charge in [-0.05, 0) is 43.4 Å². The van der Waals surface area contributed by atoms with Gasteiger partial charge < -0.3 is 10.2 Å². The van der Waals surface area contributed by atoms with E-state index in [2.05, 4.69) is 20.8 Å². The lowest BCUT2D eigenvalue weighted by Crippen LogP contribution is -2.27. The van der Waals surface area contributed by atoms with Gasteiger partial charge in [0.25, 0.3) is 0 Å². The van der Waals surface area contributed by atoms with Gasteiger partial charge in [-0.25, -0.2) is 0 Å². The number of carbonyl (C=O) groups excluding carboxylic acids is 1. The number of allylic oxidation sites excluding steroid dienone is 3. The van der Waals surface area contributed by atoms with Gasteiger partial charge in [0.15, 0.2) is 0 Å². The summed E-state index contributed by atoms with van der Waals surface area (Å²) >= 11 is 0. The first kappa shape index (κ1) is 22.6. The maximum absolute atomic E-state index is 12.2. The maximum Gasteiger partial charge on any atom is 0.303 e. The molecule has 3 atom stereocenters. The quantitative estimate of drug-likeness (QED) is 0.381. The van der Waals surface area contributed by atoms with E-state index in [-0.39, 0.29) is 23.7 Å². The highest BCUT2D eigenvalue weighted by molar-refractivity contribution is 5.83. The molecule has 0 heterocycles. The van der Waals surface area contributed by atoms with Gasteiger partial charge in [-0.15, -0.1) is 0 Å². The van der Waals surface area contributed by atoms with Crippen molar-refractivity contribution in [1.29, 1.82) is 0 Å². The van der Waals surface area contributed by atoms with E-state index in [0.717, 1.165) is 32.1 Å². The highest BCUT2D eigenvalue weighted by atomic mass is 16.4. The predicted molar refractivity (Wildman–Crippen MR) is 105 cm³/mol. The number of ketones is 1. The molecule has 0 aromatic heterocycles. The van der Waals surface area contributed by atoms with Crippen LogP contribution in [0.1, 0.15) is 78.6 Å². The van der Waals surface area contributed by atoms with Gasteiger partial charge in [-0.2, -0.15) is 0 Å². The fourth-order valence-corrected chi connectivity index (χ4v) is 3.49. The third-order valence-electron chi connectivity index (χ3n) is 5.49. The van der Waals surface area contributed by atoms with Crippen molar-refractivity contribution in [1.82, 2.24) is 0 Å². The molecular weight excluding hydrogens is 328 g/mol. The van der Waals surface area contributed by atoms with Crippen molar-refractivity contribution in [2.75, 3.05) is 0 Å². The molecule has 0 saturated heterocycles. The van der Waals surface area contributed by atoms with Crippen LogP contribution < -0.4 is 0 Å². The largest absolute Gasteiger partial charge is 0.481 e. The van der Waals surface area contributed by atoms with E-state index in [9.17, 15) is 14.7 Å². The summed E-state index contributed by atoms with van der Waals surface area (Å²) in [6.45, 7) is 6.34. The number of hydrogen-bond donors (Lipinski definition) is 2. The lowest BCUT2D eigenvalue weighted by Gasteiger charge is -2.29. The molecule has 1 fully saturated rings. The first-order chi connectivity index (χ1) is 12.3. The second-order valence-electron chi connectivity index (χ2n) is 8.19. The average molecular weight is 365 g/mol. The molecule has 0 radical (unpaired) electrons. The van der Waals surface area contributed by atoms with Crippen LogP contribution in [0.5, 0.6) is 0 Å². The Kier molecular flexibility index (Phi) is 9.85. The lowest BCUT2D eigenvalue weighted by atomic mass is 9.80. The summed E-state index contributed by atoms with van der Waals surface area (Å²) in [5.74, 6) is -0.278. The fourth-order valence-electron chi connectivity index (χ4n) is 3.49. The molecule has 4 nitrogen and oxygen atoms in total. The van der Waals surface area contributed by atoms with Crippen molar-refractivity contribution in [3.05, 3.63) is 24.3 Å². The van der Waals surface area contributed by atoms with E-state index < -0.39 is 12.1 Å². The van der Waals surface area contributed by atoms with E-state index in [1.807, 2.05) is 24.3 Å². The Hall–Kier alpha value is -1.42. The molecule has 148 valence electrons. The summed E-state index contributed by atoms with van der Waals surface area (Å²) in [5, 5.41) is 19.1. The Bertz CT molecular complexity index is 504. The van der Waals surface area contributed by atoms with Gasteiger partial charge in [-0.3, -0.25) is 9.59 Å². The number of rotatable bonds is 12. The summed E-state index contributed by atoms with van der Waals surface area (Å²) in [6, 6.07) is 0. The van der Waals surface area contributed by atoms with E-state index in [4.69, 9.17) is 5.11 Å². The van der Waals surface area contributed by atoms with Crippen LogP contribution in [0.2, 0.25) is 0 Å². The zero-order valence-electron chi connectivity index (χ0n) is 16.6. The number of unbranched alkanes of at least 4 members (excludes halogenated alkanes) is 2. The molecule has 0 bridgehead atoms. The first-order valence-corrected chi connectivity index (χ1v) is 10.0. The van der Waals surface area contributed by atoms with E-state index >= 15 is 0 Å².